The van der Waals surface area contributed by atoms with E-state index in [1.165, 1.54) is 0 Å². The van der Waals surface area contributed by atoms with Gasteiger partial charge in [-0.05, 0) is 24.6 Å². The molecule has 0 aliphatic rings. The minimum Gasteiger partial charge on any atom is -0.338 e. The first-order valence-corrected chi connectivity index (χ1v) is 6.09. The Morgan fingerprint density at radius 2 is 2.31 bits per heavy atom. The van der Waals surface area contributed by atoms with Gasteiger partial charge in [-0.1, -0.05) is 33.2 Å². The van der Waals surface area contributed by atoms with E-state index in [-0.39, 0.29) is 5.38 Å². The Morgan fingerprint density at radius 1 is 1.50 bits per heavy atom. The molecule has 0 saturated carbocycles. The third kappa shape index (κ3) is 2.83. The lowest BCUT2D eigenvalue weighted by atomic mass is 10.1. The summed E-state index contributed by atoms with van der Waals surface area (Å²) in [5.41, 5.74) is 1.13. The van der Waals surface area contributed by atoms with Crippen LogP contribution in [0.2, 0.25) is 0 Å². The van der Waals surface area contributed by atoms with Crippen LogP contribution in [0.25, 0.3) is 0 Å². The summed E-state index contributed by atoms with van der Waals surface area (Å²) in [5, 5.41) is 3.63. The Morgan fingerprint density at radius 3 is 2.94 bits per heavy atom. The molecule has 0 amide bonds. The minimum absolute atomic E-state index is 0.247. The first-order chi connectivity index (χ1) is 7.65. The number of hydrogen-bond acceptors (Lipinski definition) is 3. The topological polar surface area (TPSA) is 38.9 Å². The molecule has 16 heavy (non-hydrogen) atoms. The van der Waals surface area contributed by atoms with E-state index in [0.29, 0.717) is 18.1 Å². The lowest BCUT2D eigenvalue weighted by molar-refractivity contribution is 0.374. The molecule has 5 heteroatoms. The van der Waals surface area contributed by atoms with Crippen molar-refractivity contribution in [3.05, 3.63) is 46.0 Å². The lowest BCUT2D eigenvalue weighted by Gasteiger charge is -1.97. The van der Waals surface area contributed by atoms with E-state index in [9.17, 15) is 0 Å². The molecule has 1 aromatic carbocycles. The molecular formula is C11H10BrClN2O. The highest BCUT2D eigenvalue weighted by atomic mass is 79.9. The van der Waals surface area contributed by atoms with E-state index >= 15 is 0 Å². The van der Waals surface area contributed by atoms with Crippen molar-refractivity contribution in [2.24, 2.45) is 0 Å². The summed E-state index contributed by atoms with van der Waals surface area (Å²) in [7, 11) is 0. The third-order valence-electron chi connectivity index (χ3n) is 2.08. The number of nitrogens with zero attached hydrogens (tertiary/aromatic N) is 2. The molecular weight excluding hydrogens is 291 g/mol. The Hall–Kier alpha value is -0.870. The smallest absolute Gasteiger partial charge is 0.244 e. The monoisotopic (exact) mass is 300 g/mol. The van der Waals surface area contributed by atoms with Crippen LogP contribution in [0.15, 0.2) is 33.3 Å². The molecule has 0 bridgehead atoms. The van der Waals surface area contributed by atoms with Gasteiger partial charge in [0.25, 0.3) is 0 Å². The Balaban J connectivity index is 2.14. The maximum absolute atomic E-state index is 5.84. The molecule has 0 spiro atoms. The molecule has 3 nitrogen and oxygen atoms in total. The predicted molar refractivity (Wildman–Crippen MR) is 65.5 cm³/mol. The van der Waals surface area contributed by atoms with Crippen LogP contribution in [0.3, 0.4) is 0 Å². The molecule has 84 valence electrons. The fourth-order valence-electron chi connectivity index (χ4n) is 1.33. The largest absolute Gasteiger partial charge is 0.338 e. The summed E-state index contributed by atoms with van der Waals surface area (Å²) in [6.45, 7) is 1.80. The fourth-order valence-corrected chi connectivity index (χ4v) is 1.87. The molecule has 1 unspecified atom stereocenters. The summed E-state index contributed by atoms with van der Waals surface area (Å²) in [6.07, 6.45) is 0.645. The zero-order valence-corrected chi connectivity index (χ0v) is 11.0. The first-order valence-electron chi connectivity index (χ1n) is 4.86. The Kier molecular flexibility index (Phi) is 3.61. The van der Waals surface area contributed by atoms with Gasteiger partial charge in [-0.2, -0.15) is 4.98 Å². The van der Waals surface area contributed by atoms with Crippen molar-refractivity contribution in [2.45, 2.75) is 18.7 Å². The highest BCUT2D eigenvalue weighted by molar-refractivity contribution is 9.10. The quantitative estimate of drug-likeness (QED) is 0.811. The zero-order valence-electron chi connectivity index (χ0n) is 8.65. The highest BCUT2D eigenvalue weighted by Crippen LogP contribution is 2.18. The van der Waals surface area contributed by atoms with Crippen LogP contribution in [0.4, 0.5) is 0 Å². The molecule has 1 heterocycles. The molecule has 0 aliphatic carbocycles. The van der Waals surface area contributed by atoms with Crippen LogP contribution in [0, 0.1) is 0 Å². The van der Waals surface area contributed by atoms with E-state index in [4.69, 9.17) is 16.1 Å². The van der Waals surface area contributed by atoms with Gasteiger partial charge >= 0.3 is 0 Å². The van der Waals surface area contributed by atoms with Crippen LogP contribution in [0.5, 0.6) is 0 Å². The van der Waals surface area contributed by atoms with Crippen LogP contribution in [0.1, 0.15) is 29.6 Å². The fraction of sp³-hybridized carbons (Fsp3) is 0.273. The molecule has 0 aliphatic heterocycles. The van der Waals surface area contributed by atoms with Crippen LogP contribution in [-0.4, -0.2) is 10.1 Å². The third-order valence-corrected chi connectivity index (χ3v) is 2.76. The second kappa shape index (κ2) is 4.97. The average molecular weight is 302 g/mol. The van der Waals surface area contributed by atoms with Crippen molar-refractivity contribution in [2.75, 3.05) is 0 Å². The first kappa shape index (κ1) is 11.6. The number of halogens is 2. The molecule has 0 saturated heterocycles. The standard InChI is InChI=1S/C11H10BrClN2O/c1-7(13)11-14-10(15-16-11)6-8-3-2-4-9(12)5-8/h2-5,7H,6H2,1H3. The molecule has 1 aromatic heterocycles. The van der Waals surface area contributed by atoms with Crippen LogP contribution in [-0.2, 0) is 6.42 Å². The molecule has 2 aromatic rings. The van der Waals surface area contributed by atoms with Gasteiger partial charge in [0, 0.05) is 10.9 Å². The number of rotatable bonds is 3. The van der Waals surface area contributed by atoms with Crippen molar-refractivity contribution >= 4 is 27.5 Å². The molecule has 0 radical (unpaired) electrons. The number of hydrogen-bond donors (Lipinski definition) is 0. The van der Waals surface area contributed by atoms with E-state index in [0.717, 1.165) is 10.0 Å². The average Bonchev–Trinajstić information content (AvgIpc) is 2.66. The lowest BCUT2D eigenvalue weighted by Crippen LogP contribution is -1.91. The molecule has 0 fully saturated rings. The predicted octanol–water partition coefficient (Wildman–Crippen LogP) is 3.72. The second-order valence-corrected chi connectivity index (χ2v) is 5.04. The Bertz CT molecular complexity index is 484. The van der Waals surface area contributed by atoms with Gasteiger partial charge < -0.3 is 4.52 Å². The van der Waals surface area contributed by atoms with Gasteiger partial charge in [0.05, 0.1) is 0 Å². The maximum atomic E-state index is 5.84. The van der Waals surface area contributed by atoms with E-state index in [1.807, 2.05) is 24.3 Å². The molecule has 0 N–H and O–H groups in total. The van der Waals surface area contributed by atoms with Crippen LogP contribution < -0.4 is 0 Å². The maximum Gasteiger partial charge on any atom is 0.244 e. The summed E-state index contributed by atoms with van der Waals surface area (Å²) in [5.74, 6) is 1.12. The van der Waals surface area contributed by atoms with Gasteiger partial charge in [-0.25, -0.2) is 0 Å². The van der Waals surface area contributed by atoms with Crippen molar-refractivity contribution < 1.29 is 4.52 Å². The van der Waals surface area contributed by atoms with Crippen molar-refractivity contribution in [1.29, 1.82) is 0 Å². The normalized spacial score (nSPS) is 12.7. The van der Waals surface area contributed by atoms with Crippen molar-refractivity contribution in [3.8, 4) is 0 Å². The van der Waals surface area contributed by atoms with Gasteiger partial charge in [0.15, 0.2) is 5.82 Å². The summed E-state index contributed by atoms with van der Waals surface area (Å²) < 4.78 is 6.06. The number of aromatic nitrogens is 2. The summed E-state index contributed by atoms with van der Waals surface area (Å²) >= 11 is 9.26. The zero-order chi connectivity index (χ0) is 11.5. The van der Waals surface area contributed by atoms with E-state index in [1.54, 1.807) is 6.92 Å². The van der Waals surface area contributed by atoms with Gasteiger partial charge in [0.2, 0.25) is 5.89 Å². The minimum atomic E-state index is -0.247. The van der Waals surface area contributed by atoms with Crippen molar-refractivity contribution in [3.63, 3.8) is 0 Å². The van der Waals surface area contributed by atoms with Gasteiger partial charge in [0.1, 0.15) is 5.38 Å². The van der Waals surface area contributed by atoms with E-state index in [2.05, 4.69) is 26.1 Å². The molecule has 1 atom stereocenters. The van der Waals surface area contributed by atoms with Gasteiger partial charge in [-0.15, -0.1) is 11.6 Å². The van der Waals surface area contributed by atoms with Crippen molar-refractivity contribution in [1.82, 2.24) is 10.1 Å². The number of alkyl halides is 1. The van der Waals surface area contributed by atoms with E-state index < -0.39 is 0 Å². The summed E-state index contributed by atoms with van der Waals surface area (Å²) in [6, 6.07) is 8.00. The molecule has 2 rings (SSSR count). The van der Waals surface area contributed by atoms with Gasteiger partial charge in [-0.3, -0.25) is 0 Å². The van der Waals surface area contributed by atoms with Crippen LogP contribution >= 0.6 is 27.5 Å². The highest BCUT2D eigenvalue weighted by Gasteiger charge is 2.11. The summed E-state index contributed by atoms with van der Waals surface area (Å²) in [4.78, 5) is 4.21. The second-order valence-electron chi connectivity index (χ2n) is 3.47. The number of benzene rings is 1. The Labute approximate surface area is 107 Å². The SMILES string of the molecule is CC(Cl)c1nc(Cc2cccc(Br)c2)no1.